The monoisotopic (exact) mass is 580 g/mol. The number of nitrogens with zero attached hydrogens (tertiary/aromatic N) is 2. The highest BCUT2D eigenvalue weighted by Crippen LogP contribution is 2.27. The highest BCUT2D eigenvalue weighted by Gasteiger charge is 2.28. The average Bonchev–Trinajstić information content (AvgIpc) is 3.08. The van der Waals surface area contributed by atoms with Gasteiger partial charge in [-0.1, -0.05) is 153 Å². The van der Waals surface area contributed by atoms with E-state index >= 15 is 0 Å². The van der Waals surface area contributed by atoms with Gasteiger partial charge in [0.1, 0.15) is 0 Å². The van der Waals surface area contributed by atoms with Crippen LogP contribution in [-0.2, 0) is 24.3 Å². The number of amides is 1. The molecule has 0 aliphatic rings. The molecule has 224 valence electrons. The quantitative estimate of drug-likeness (QED) is 0.139. The van der Waals surface area contributed by atoms with Crippen LogP contribution in [0.3, 0.4) is 0 Å². The lowest BCUT2D eigenvalue weighted by Crippen LogP contribution is -2.41. The molecule has 0 saturated carbocycles. The number of hydrogen-bond donors (Lipinski definition) is 0. The predicted molar refractivity (Wildman–Crippen MR) is 183 cm³/mol. The van der Waals surface area contributed by atoms with Gasteiger partial charge < -0.3 is 4.90 Å². The van der Waals surface area contributed by atoms with Crippen molar-refractivity contribution in [2.45, 2.75) is 51.9 Å². The Labute approximate surface area is 263 Å². The molecule has 0 saturated heterocycles. The maximum Gasteiger partial charge on any atom is 0.225 e. The molecule has 1 unspecified atom stereocenters. The Bertz CT molecular complexity index is 1510. The summed E-state index contributed by atoms with van der Waals surface area (Å²) in [5, 5.41) is 0. The second-order valence-electron chi connectivity index (χ2n) is 12.0. The minimum atomic E-state index is -0.131. The van der Waals surface area contributed by atoms with Crippen molar-refractivity contribution in [3.05, 3.63) is 168 Å². The Morgan fingerprint density at radius 1 is 0.568 bits per heavy atom. The van der Waals surface area contributed by atoms with E-state index in [0.29, 0.717) is 0 Å². The first kappa shape index (κ1) is 31.0. The molecule has 0 N–H and O–H groups in total. The molecule has 5 aromatic carbocycles. The SMILES string of the molecule is C[C@H](CC(Cc1ccc(-c2ccccc2)cc1)N(Cc1ccccc1)Cc1ccccc1)C(=O)N(C)[C@@H](C)c1ccccc1. The summed E-state index contributed by atoms with van der Waals surface area (Å²) in [7, 11) is 1.94. The molecule has 0 radical (unpaired) electrons. The largest absolute Gasteiger partial charge is 0.339 e. The van der Waals surface area contributed by atoms with Crippen molar-refractivity contribution in [1.82, 2.24) is 9.80 Å². The fourth-order valence-corrected chi connectivity index (χ4v) is 6.05. The van der Waals surface area contributed by atoms with E-state index in [2.05, 4.69) is 146 Å². The van der Waals surface area contributed by atoms with Gasteiger partial charge in [-0.15, -0.1) is 0 Å². The van der Waals surface area contributed by atoms with Gasteiger partial charge in [-0.2, -0.15) is 0 Å². The Kier molecular flexibility index (Phi) is 10.8. The second-order valence-corrected chi connectivity index (χ2v) is 12.0. The van der Waals surface area contributed by atoms with Crippen LogP contribution in [0.25, 0.3) is 11.1 Å². The lowest BCUT2D eigenvalue weighted by atomic mass is 9.92. The summed E-state index contributed by atoms with van der Waals surface area (Å²) in [6, 6.07) is 51.4. The van der Waals surface area contributed by atoms with Crippen LogP contribution in [0.15, 0.2) is 146 Å². The summed E-state index contributed by atoms with van der Waals surface area (Å²) in [5.41, 5.74) is 7.44. The first-order chi connectivity index (χ1) is 21.5. The van der Waals surface area contributed by atoms with Crippen molar-refractivity contribution in [3.63, 3.8) is 0 Å². The number of carbonyl (C=O) groups excluding carboxylic acids is 1. The maximum absolute atomic E-state index is 13.9. The van der Waals surface area contributed by atoms with Crippen LogP contribution in [0.5, 0.6) is 0 Å². The molecule has 5 aromatic rings. The van der Waals surface area contributed by atoms with Gasteiger partial charge in [0, 0.05) is 32.1 Å². The lowest BCUT2D eigenvalue weighted by molar-refractivity contribution is -0.136. The molecule has 0 aliphatic carbocycles. The first-order valence-corrected chi connectivity index (χ1v) is 15.8. The fourth-order valence-electron chi connectivity index (χ4n) is 6.05. The lowest BCUT2D eigenvalue weighted by Gasteiger charge is -2.35. The van der Waals surface area contributed by atoms with E-state index in [1.807, 2.05) is 30.1 Å². The van der Waals surface area contributed by atoms with Gasteiger partial charge in [0.25, 0.3) is 0 Å². The minimum Gasteiger partial charge on any atom is -0.339 e. The Hall–Kier alpha value is -4.47. The zero-order chi connectivity index (χ0) is 30.7. The van der Waals surface area contributed by atoms with E-state index in [9.17, 15) is 4.79 Å². The number of hydrogen-bond acceptors (Lipinski definition) is 2. The van der Waals surface area contributed by atoms with Gasteiger partial charge >= 0.3 is 0 Å². The van der Waals surface area contributed by atoms with E-state index in [1.54, 1.807) is 0 Å². The first-order valence-electron chi connectivity index (χ1n) is 15.8. The maximum atomic E-state index is 13.9. The molecule has 0 bridgehead atoms. The molecule has 0 aromatic heterocycles. The van der Waals surface area contributed by atoms with Gasteiger partial charge in [0.05, 0.1) is 6.04 Å². The Morgan fingerprint density at radius 2 is 1.02 bits per heavy atom. The van der Waals surface area contributed by atoms with E-state index in [-0.39, 0.29) is 23.9 Å². The van der Waals surface area contributed by atoms with Crippen LogP contribution in [-0.4, -0.2) is 28.8 Å². The van der Waals surface area contributed by atoms with Crippen LogP contribution in [0, 0.1) is 5.92 Å². The predicted octanol–water partition coefficient (Wildman–Crippen LogP) is 9.21. The number of carbonyl (C=O) groups is 1. The summed E-state index contributed by atoms with van der Waals surface area (Å²) < 4.78 is 0. The van der Waals surface area contributed by atoms with Crippen molar-refractivity contribution in [1.29, 1.82) is 0 Å². The highest BCUT2D eigenvalue weighted by molar-refractivity contribution is 5.78. The molecule has 0 fully saturated rings. The number of rotatable bonds is 13. The van der Waals surface area contributed by atoms with E-state index in [4.69, 9.17) is 0 Å². The van der Waals surface area contributed by atoms with Crippen LogP contribution in [0.1, 0.15) is 48.6 Å². The standard InChI is InChI=1S/C41H44N2O/c1-32(41(44)42(3)33(2)37-20-12-6-13-21-37)28-40(29-34-24-26-39(27-25-34)38-22-14-7-15-23-38)43(30-35-16-8-4-9-17-35)31-36-18-10-5-11-19-36/h4-27,32-33,40H,28-31H2,1-3H3/t32-,33+,40?/m1/s1. The van der Waals surface area contributed by atoms with E-state index < -0.39 is 0 Å². The van der Waals surface area contributed by atoms with Crippen molar-refractivity contribution in [3.8, 4) is 11.1 Å². The van der Waals surface area contributed by atoms with Crippen molar-refractivity contribution in [2.24, 2.45) is 5.92 Å². The molecule has 5 rings (SSSR count). The van der Waals surface area contributed by atoms with Crippen molar-refractivity contribution >= 4 is 5.91 Å². The molecule has 3 heteroatoms. The minimum absolute atomic E-state index is 0.0138. The third-order valence-electron chi connectivity index (χ3n) is 8.76. The van der Waals surface area contributed by atoms with Gasteiger partial charge in [-0.25, -0.2) is 0 Å². The molecular weight excluding hydrogens is 536 g/mol. The molecule has 0 spiro atoms. The third kappa shape index (κ3) is 8.33. The van der Waals surface area contributed by atoms with Gasteiger partial charge in [-0.05, 0) is 53.1 Å². The molecule has 44 heavy (non-hydrogen) atoms. The molecule has 3 nitrogen and oxygen atoms in total. The summed E-state index contributed by atoms with van der Waals surface area (Å²) in [5.74, 6) is 0.0546. The van der Waals surface area contributed by atoms with Crippen LogP contribution >= 0.6 is 0 Å². The smallest absolute Gasteiger partial charge is 0.225 e. The zero-order valence-corrected chi connectivity index (χ0v) is 26.2. The molecule has 0 heterocycles. The molecule has 3 atom stereocenters. The van der Waals surface area contributed by atoms with Crippen LogP contribution in [0.4, 0.5) is 0 Å². The summed E-state index contributed by atoms with van der Waals surface area (Å²) in [6.07, 6.45) is 1.63. The molecule has 1 amide bonds. The normalized spacial score (nSPS) is 13.3. The third-order valence-corrected chi connectivity index (χ3v) is 8.76. The fraction of sp³-hybridized carbons (Fsp3) is 0.244. The summed E-state index contributed by atoms with van der Waals surface area (Å²) in [6.45, 7) is 5.85. The van der Waals surface area contributed by atoms with Crippen LogP contribution in [0.2, 0.25) is 0 Å². The Morgan fingerprint density at radius 3 is 1.55 bits per heavy atom. The van der Waals surface area contributed by atoms with Crippen molar-refractivity contribution in [2.75, 3.05) is 7.05 Å². The van der Waals surface area contributed by atoms with Gasteiger partial charge in [-0.3, -0.25) is 9.69 Å². The Balaban J connectivity index is 1.42. The second kappa shape index (κ2) is 15.3. The van der Waals surface area contributed by atoms with E-state index in [1.165, 1.54) is 27.8 Å². The summed E-state index contributed by atoms with van der Waals surface area (Å²) in [4.78, 5) is 18.4. The highest BCUT2D eigenvalue weighted by atomic mass is 16.2. The zero-order valence-electron chi connectivity index (χ0n) is 26.2. The van der Waals surface area contributed by atoms with Gasteiger partial charge in [0.15, 0.2) is 0 Å². The number of benzene rings is 5. The van der Waals surface area contributed by atoms with E-state index in [0.717, 1.165) is 31.5 Å². The van der Waals surface area contributed by atoms with Crippen LogP contribution < -0.4 is 0 Å². The average molecular weight is 581 g/mol. The van der Waals surface area contributed by atoms with Crippen molar-refractivity contribution < 1.29 is 4.79 Å². The summed E-state index contributed by atoms with van der Waals surface area (Å²) >= 11 is 0. The molecule has 0 aliphatic heterocycles. The van der Waals surface area contributed by atoms with Gasteiger partial charge in [0.2, 0.25) is 5.91 Å². The molecular formula is C41H44N2O. The topological polar surface area (TPSA) is 23.6 Å².